The minimum atomic E-state index is 0.461. The molecule has 0 amide bonds. The number of aryl methyl sites for hydroxylation is 1. The Balaban J connectivity index is 2.28. The van der Waals surface area contributed by atoms with Crippen LogP contribution in [-0.2, 0) is 0 Å². The van der Waals surface area contributed by atoms with Gasteiger partial charge in [0.15, 0.2) is 0 Å². The minimum absolute atomic E-state index is 0.461. The van der Waals surface area contributed by atoms with E-state index in [1.807, 2.05) is 0 Å². The summed E-state index contributed by atoms with van der Waals surface area (Å²) in [7, 11) is 2.17. The molecule has 0 aromatic heterocycles. The Bertz CT molecular complexity index is 358. The fourth-order valence-corrected chi connectivity index (χ4v) is 2.80. The highest BCUT2D eigenvalue weighted by Gasteiger charge is 2.13. The molecule has 0 aliphatic heterocycles. The zero-order chi connectivity index (χ0) is 15.5. The predicted octanol–water partition coefficient (Wildman–Crippen LogP) is 4.90. The molecule has 1 unspecified atom stereocenters. The summed E-state index contributed by atoms with van der Waals surface area (Å²) in [6.45, 7) is 5.13. The summed E-state index contributed by atoms with van der Waals surface area (Å²) < 4.78 is 0. The van der Waals surface area contributed by atoms with Crippen LogP contribution in [0.4, 0.5) is 5.69 Å². The molecule has 0 spiro atoms. The van der Waals surface area contributed by atoms with Crippen molar-refractivity contribution in [2.24, 2.45) is 5.73 Å². The van der Waals surface area contributed by atoms with Crippen LogP contribution in [-0.4, -0.2) is 19.6 Å². The molecule has 1 aromatic carbocycles. The van der Waals surface area contributed by atoms with Gasteiger partial charge in [0.25, 0.3) is 0 Å². The third-order valence-corrected chi connectivity index (χ3v) is 4.40. The maximum absolute atomic E-state index is 5.98. The second-order valence-electron chi connectivity index (χ2n) is 6.25. The van der Waals surface area contributed by atoms with Crippen molar-refractivity contribution in [1.29, 1.82) is 0 Å². The van der Waals surface area contributed by atoms with Gasteiger partial charge in [-0.2, -0.15) is 0 Å². The van der Waals surface area contributed by atoms with Crippen LogP contribution in [0.5, 0.6) is 0 Å². The Morgan fingerprint density at radius 2 is 1.52 bits per heavy atom. The van der Waals surface area contributed by atoms with Crippen LogP contribution in [0.1, 0.15) is 63.9 Å². The fraction of sp³-hybridized carbons (Fsp3) is 0.684. The van der Waals surface area contributed by atoms with Crippen LogP contribution in [0.3, 0.4) is 0 Å². The third-order valence-electron chi connectivity index (χ3n) is 4.40. The lowest BCUT2D eigenvalue weighted by atomic mass is 10.0. The molecule has 0 bridgehead atoms. The number of rotatable bonds is 11. The summed E-state index contributed by atoms with van der Waals surface area (Å²) in [4.78, 5) is 2.34. The SMILES string of the molecule is CCCCCCCCCC(CN)N(C)c1ccc(C)cc1. The summed E-state index contributed by atoms with van der Waals surface area (Å²) in [5.74, 6) is 0. The number of hydrogen-bond acceptors (Lipinski definition) is 2. The van der Waals surface area contributed by atoms with E-state index >= 15 is 0 Å². The van der Waals surface area contributed by atoms with E-state index in [2.05, 4.69) is 50.1 Å². The Morgan fingerprint density at radius 3 is 2.10 bits per heavy atom. The predicted molar refractivity (Wildman–Crippen MR) is 95.0 cm³/mol. The number of unbranched alkanes of at least 4 members (excludes halogenated alkanes) is 6. The number of nitrogens with zero attached hydrogens (tertiary/aromatic N) is 1. The van der Waals surface area contributed by atoms with Crippen molar-refractivity contribution in [2.75, 3.05) is 18.5 Å². The molecule has 1 atom stereocenters. The standard InChI is InChI=1S/C19H34N2/c1-4-5-6-7-8-9-10-11-19(16-20)21(3)18-14-12-17(2)13-15-18/h12-15,19H,4-11,16,20H2,1-3H3. The smallest absolute Gasteiger partial charge is 0.0409 e. The second kappa shape index (κ2) is 10.7. The third kappa shape index (κ3) is 6.99. The Hall–Kier alpha value is -1.02. The van der Waals surface area contributed by atoms with E-state index in [0.717, 1.165) is 6.54 Å². The van der Waals surface area contributed by atoms with E-state index in [4.69, 9.17) is 5.73 Å². The lowest BCUT2D eigenvalue weighted by molar-refractivity contribution is 0.520. The van der Waals surface area contributed by atoms with Crippen molar-refractivity contribution in [3.8, 4) is 0 Å². The summed E-state index contributed by atoms with van der Waals surface area (Å²) in [5.41, 5.74) is 8.57. The Morgan fingerprint density at radius 1 is 0.952 bits per heavy atom. The van der Waals surface area contributed by atoms with E-state index in [1.165, 1.54) is 62.6 Å². The van der Waals surface area contributed by atoms with Crippen LogP contribution in [0.25, 0.3) is 0 Å². The lowest BCUT2D eigenvalue weighted by Gasteiger charge is -2.29. The van der Waals surface area contributed by atoms with Gasteiger partial charge < -0.3 is 10.6 Å². The quantitative estimate of drug-likeness (QED) is 0.587. The average molecular weight is 290 g/mol. The molecule has 2 nitrogen and oxygen atoms in total. The van der Waals surface area contributed by atoms with Gasteiger partial charge in [-0.05, 0) is 25.5 Å². The average Bonchev–Trinajstić information content (AvgIpc) is 2.50. The van der Waals surface area contributed by atoms with Gasteiger partial charge in [0, 0.05) is 25.3 Å². The first kappa shape index (κ1) is 18.0. The van der Waals surface area contributed by atoms with Gasteiger partial charge in [-0.25, -0.2) is 0 Å². The largest absolute Gasteiger partial charge is 0.370 e. The first-order valence-electron chi connectivity index (χ1n) is 8.68. The molecule has 0 saturated carbocycles. The van der Waals surface area contributed by atoms with Gasteiger partial charge in [0.05, 0.1) is 0 Å². The van der Waals surface area contributed by atoms with E-state index in [0.29, 0.717) is 6.04 Å². The Labute approximate surface area is 131 Å². The van der Waals surface area contributed by atoms with Gasteiger partial charge in [0.2, 0.25) is 0 Å². The second-order valence-corrected chi connectivity index (χ2v) is 6.25. The maximum atomic E-state index is 5.98. The summed E-state index contributed by atoms with van der Waals surface area (Å²) in [5, 5.41) is 0. The summed E-state index contributed by atoms with van der Waals surface area (Å²) in [6.07, 6.45) is 10.7. The van der Waals surface area contributed by atoms with Crippen molar-refractivity contribution in [2.45, 2.75) is 71.3 Å². The van der Waals surface area contributed by atoms with Crippen LogP contribution in [0, 0.1) is 6.92 Å². The van der Waals surface area contributed by atoms with Crippen molar-refractivity contribution in [3.63, 3.8) is 0 Å². The van der Waals surface area contributed by atoms with Crippen LogP contribution in [0.15, 0.2) is 24.3 Å². The number of hydrogen-bond donors (Lipinski definition) is 1. The Kier molecular flexibility index (Phi) is 9.16. The number of nitrogens with two attached hydrogens (primary N) is 1. The lowest BCUT2D eigenvalue weighted by Crippen LogP contribution is -2.37. The maximum Gasteiger partial charge on any atom is 0.0409 e. The molecule has 21 heavy (non-hydrogen) atoms. The molecule has 120 valence electrons. The highest BCUT2D eigenvalue weighted by Crippen LogP contribution is 2.19. The molecule has 0 aliphatic carbocycles. The molecular formula is C19H34N2. The highest BCUT2D eigenvalue weighted by molar-refractivity contribution is 5.47. The van der Waals surface area contributed by atoms with Gasteiger partial charge in [-0.3, -0.25) is 0 Å². The van der Waals surface area contributed by atoms with Crippen LogP contribution in [0.2, 0.25) is 0 Å². The van der Waals surface area contributed by atoms with Crippen LogP contribution >= 0.6 is 0 Å². The molecule has 0 fully saturated rings. The topological polar surface area (TPSA) is 29.3 Å². The highest BCUT2D eigenvalue weighted by atomic mass is 15.1. The molecule has 0 radical (unpaired) electrons. The van der Waals surface area contributed by atoms with Crippen molar-refractivity contribution in [3.05, 3.63) is 29.8 Å². The van der Waals surface area contributed by atoms with Gasteiger partial charge >= 0.3 is 0 Å². The number of likely N-dealkylation sites (N-methyl/N-ethyl adjacent to an activating group) is 1. The molecule has 0 heterocycles. The van der Waals surface area contributed by atoms with Crippen molar-refractivity contribution < 1.29 is 0 Å². The summed E-state index contributed by atoms with van der Waals surface area (Å²) in [6, 6.07) is 9.20. The molecule has 1 rings (SSSR count). The molecule has 2 heteroatoms. The van der Waals surface area contributed by atoms with E-state index < -0.39 is 0 Å². The zero-order valence-corrected chi connectivity index (χ0v) is 14.3. The van der Waals surface area contributed by atoms with Gasteiger partial charge in [-0.15, -0.1) is 0 Å². The van der Waals surface area contributed by atoms with Crippen LogP contribution < -0.4 is 10.6 Å². The van der Waals surface area contributed by atoms with Crippen molar-refractivity contribution in [1.82, 2.24) is 0 Å². The van der Waals surface area contributed by atoms with E-state index in [9.17, 15) is 0 Å². The first-order valence-corrected chi connectivity index (χ1v) is 8.68. The van der Waals surface area contributed by atoms with Gasteiger partial charge in [0.1, 0.15) is 0 Å². The fourth-order valence-electron chi connectivity index (χ4n) is 2.80. The van der Waals surface area contributed by atoms with E-state index in [1.54, 1.807) is 0 Å². The minimum Gasteiger partial charge on any atom is -0.370 e. The molecule has 0 saturated heterocycles. The molecule has 2 N–H and O–H groups in total. The van der Waals surface area contributed by atoms with E-state index in [-0.39, 0.29) is 0 Å². The zero-order valence-electron chi connectivity index (χ0n) is 14.3. The molecule has 1 aromatic rings. The van der Waals surface area contributed by atoms with Crippen molar-refractivity contribution >= 4 is 5.69 Å². The summed E-state index contributed by atoms with van der Waals surface area (Å²) >= 11 is 0. The number of benzene rings is 1. The first-order chi connectivity index (χ1) is 10.2. The normalized spacial score (nSPS) is 12.4. The number of anilines is 1. The monoisotopic (exact) mass is 290 g/mol. The molecule has 0 aliphatic rings. The molecular weight excluding hydrogens is 256 g/mol. The van der Waals surface area contributed by atoms with Gasteiger partial charge in [-0.1, -0.05) is 69.6 Å².